The van der Waals surface area contributed by atoms with Gasteiger partial charge in [-0.25, -0.2) is 0 Å². The number of halogens is 1. The summed E-state index contributed by atoms with van der Waals surface area (Å²) < 4.78 is 5.16. The van der Waals surface area contributed by atoms with Crippen molar-refractivity contribution in [2.24, 2.45) is 0 Å². The standard InChI is InChI=1S/C11H13ClO2S/c1-14-11-4-3-9(12)5-8(11)6-10(13)7-15-2/h3-5H,6-7H2,1-2H3. The minimum atomic E-state index is 0.183. The number of carbonyl (C=O) groups excluding carboxylic acids is 1. The van der Waals surface area contributed by atoms with Crippen LogP contribution in [0.25, 0.3) is 0 Å². The second-order valence-corrected chi connectivity index (χ2v) is 4.41. The molecule has 0 aliphatic carbocycles. The zero-order valence-corrected chi connectivity index (χ0v) is 10.3. The molecule has 0 atom stereocenters. The molecule has 15 heavy (non-hydrogen) atoms. The summed E-state index contributed by atoms with van der Waals surface area (Å²) in [7, 11) is 1.59. The van der Waals surface area contributed by atoms with Crippen LogP contribution in [0.1, 0.15) is 5.56 Å². The molecule has 1 aromatic carbocycles. The molecule has 82 valence electrons. The Morgan fingerprint density at radius 3 is 2.87 bits per heavy atom. The van der Waals surface area contributed by atoms with Crippen LogP contribution >= 0.6 is 23.4 Å². The third-order valence-corrected chi connectivity index (χ3v) is 2.78. The summed E-state index contributed by atoms with van der Waals surface area (Å²) >= 11 is 7.39. The van der Waals surface area contributed by atoms with Gasteiger partial charge in [0.1, 0.15) is 11.5 Å². The number of carbonyl (C=O) groups is 1. The van der Waals surface area contributed by atoms with E-state index in [4.69, 9.17) is 16.3 Å². The number of hydrogen-bond acceptors (Lipinski definition) is 3. The molecule has 1 aromatic rings. The topological polar surface area (TPSA) is 26.3 Å². The van der Waals surface area contributed by atoms with Crippen LogP contribution in [0.3, 0.4) is 0 Å². The van der Waals surface area contributed by atoms with Crippen LogP contribution < -0.4 is 4.74 Å². The maximum Gasteiger partial charge on any atom is 0.147 e. The highest BCUT2D eigenvalue weighted by Crippen LogP contribution is 2.23. The van der Waals surface area contributed by atoms with E-state index in [0.717, 1.165) is 5.56 Å². The molecule has 0 aliphatic heterocycles. The van der Waals surface area contributed by atoms with E-state index in [2.05, 4.69) is 0 Å². The summed E-state index contributed by atoms with van der Waals surface area (Å²) in [6.07, 6.45) is 2.29. The van der Waals surface area contributed by atoms with Crippen molar-refractivity contribution in [3.63, 3.8) is 0 Å². The van der Waals surface area contributed by atoms with Gasteiger partial charge in [-0.2, -0.15) is 11.8 Å². The normalized spacial score (nSPS) is 10.1. The molecule has 1 rings (SSSR count). The summed E-state index contributed by atoms with van der Waals surface area (Å²) in [6.45, 7) is 0. The van der Waals surface area contributed by atoms with E-state index in [1.807, 2.05) is 6.26 Å². The second kappa shape index (κ2) is 6.03. The van der Waals surface area contributed by atoms with E-state index in [1.165, 1.54) is 11.8 Å². The van der Waals surface area contributed by atoms with Crippen LogP contribution in [0, 0.1) is 0 Å². The van der Waals surface area contributed by atoms with Crippen molar-refractivity contribution in [3.05, 3.63) is 28.8 Å². The minimum Gasteiger partial charge on any atom is -0.496 e. The molecular weight excluding hydrogens is 232 g/mol. The van der Waals surface area contributed by atoms with Gasteiger partial charge in [0.25, 0.3) is 0 Å². The summed E-state index contributed by atoms with van der Waals surface area (Å²) in [5.41, 5.74) is 0.851. The Balaban J connectivity index is 2.82. The van der Waals surface area contributed by atoms with Crippen molar-refractivity contribution < 1.29 is 9.53 Å². The van der Waals surface area contributed by atoms with Crippen molar-refractivity contribution in [3.8, 4) is 5.75 Å². The van der Waals surface area contributed by atoms with Gasteiger partial charge in [0, 0.05) is 17.0 Å². The SMILES string of the molecule is COc1ccc(Cl)cc1CC(=O)CSC. The smallest absolute Gasteiger partial charge is 0.147 e. The molecule has 0 radical (unpaired) electrons. The highest BCUT2D eigenvalue weighted by molar-refractivity contribution is 7.99. The first-order valence-electron chi connectivity index (χ1n) is 4.50. The largest absolute Gasteiger partial charge is 0.496 e. The van der Waals surface area contributed by atoms with Crippen molar-refractivity contribution >= 4 is 29.1 Å². The molecule has 0 N–H and O–H groups in total. The van der Waals surface area contributed by atoms with Gasteiger partial charge in [-0.05, 0) is 24.5 Å². The molecule has 0 aliphatic rings. The minimum absolute atomic E-state index is 0.183. The van der Waals surface area contributed by atoms with E-state index in [1.54, 1.807) is 25.3 Å². The maximum atomic E-state index is 11.5. The van der Waals surface area contributed by atoms with Crippen molar-refractivity contribution in [1.82, 2.24) is 0 Å². The van der Waals surface area contributed by atoms with Gasteiger partial charge in [0.05, 0.1) is 12.9 Å². The number of ether oxygens (including phenoxy) is 1. The van der Waals surface area contributed by atoms with Gasteiger partial charge in [0.2, 0.25) is 0 Å². The third kappa shape index (κ3) is 3.76. The fraction of sp³-hybridized carbons (Fsp3) is 0.364. The van der Waals surface area contributed by atoms with Crippen LogP contribution in [0.15, 0.2) is 18.2 Å². The van der Waals surface area contributed by atoms with E-state index in [9.17, 15) is 4.79 Å². The summed E-state index contributed by atoms with van der Waals surface area (Å²) in [5, 5.41) is 0.628. The Hall–Kier alpha value is -0.670. The molecule has 0 aromatic heterocycles. The zero-order valence-electron chi connectivity index (χ0n) is 8.75. The quantitative estimate of drug-likeness (QED) is 0.797. The van der Waals surface area contributed by atoms with Gasteiger partial charge in [-0.15, -0.1) is 0 Å². The molecule has 2 nitrogen and oxygen atoms in total. The lowest BCUT2D eigenvalue weighted by molar-refractivity contribution is -0.116. The molecule has 0 saturated heterocycles. The van der Waals surface area contributed by atoms with Crippen molar-refractivity contribution in [2.45, 2.75) is 6.42 Å². The Bertz CT molecular complexity index is 352. The first-order valence-corrected chi connectivity index (χ1v) is 6.27. The summed E-state index contributed by atoms with van der Waals surface area (Å²) in [5.74, 6) is 1.42. The predicted molar refractivity (Wildman–Crippen MR) is 65.1 cm³/mol. The summed E-state index contributed by atoms with van der Waals surface area (Å²) in [6, 6.07) is 5.31. The lowest BCUT2D eigenvalue weighted by Gasteiger charge is -2.07. The molecule has 4 heteroatoms. The van der Waals surface area contributed by atoms with Crippen molar-refractivity contribution in [2.75, 3.05) is 19.1 Å². The number of rotatable bonds is 5. The van der Waals surface area contributed by atoms with Crippen LogP contribution in [-0.2, 0) is 11.2 Å². The zero-order chi connectivity index (χ0) is 11.3. The fourth-order valence-corrected chi connectivity index (χ4v) is 1.93. The predicted octanol–water partition coefficient (Wildman–Crippen LogP) is 2.82. The average molecular weight is 245 g/mol. The van der Waals surface area contributed by atoms with E-state index in [-0.39, 0.29) is 5.78 Å². The number of thioether (sulfide) groups is 1. The molecule has 0 fully saturated rings. The molecule has 0 heterocycles. The third-order valence-electron chi connectivity index (χ3n) is 1.94. The number of hydrogen-bond donors (Lipinski definition) is 0. The van der Waals surface area contributed by atoms with E-state index >= 15 is 0 Å². The van der Waals surface area contributed by atoms with Gasteiger partial charge >= 0.3 is 0 Å². The number of methoxy groups -OCH3 is 1. The second-order valence-electron chi connectivity index (χ2n) is 3.10. The van der Waals surface area contributed by atoms with Crippen LogP contribution in [0.5, 0.6) is 5.75 Å². The molecule has 0 saturated carbocycles. The highest BCUT2D eigenvalue weighted by Gasteiger charge is 2.08. The molecular formula is C11H13ClO2S. The van der Waals surface area contributed by atoms with Crippen molar-refractivity contribution in [1.29, 1.82) is 0 Å². The van der Waals surface area contributed by atoms with E-state index < -0.39 is 0 Å². The Morgan fingerprint density at radius 1 is 1.53 bits per heavy atom. The van der Waals surface area contributed by atoms with E-state index in [0.29, 0.717) is 22.9 Å². The lowest BCUT2D eigenvalue weighted by Crippen LogP contribution is -2.06. The average Bonchev–Trinajstić information content (AvgIpc) is 2.18. The first kappa shape index (κ1) is 12.4. The molecule has 0 unspecified atom stereocenters. The van der Waals surface area contributed by atoms with Crippen LogP contribution in [-0.4, -0.2) is 24.9 Å². The lowest BCUT2D eigenvalue weighted by atomic mass is 10.1. The van der Waals surface area contributed by atoms with Gasteiger partial charge in [-0.1, -0.05) is 11.6 Å². The monoisotopic (exact) mass is 244 g/mol. The van der Waals surface area contributed by atoms with Crippen LogP contribution in [0.4, 0.5) is 0 Å². The van der Waals surface area contributed by atoms with Gasteiger partial charge < -0.3 is 4.74 Å². The van der Waals surface area contributed by atoms with Gasteiger partial charge in [-0.3, -0.25) is 4.79 Å². The fourth-order valence-electron chi connectivity index (χ4n) is 1.31. The number of Topliss-reactive ketones (excluding diaryl/α,β-unsaturated/α-hetero) is 1. The molecule has 0 spiro atoms. The number of benzene rings is 1. The summed E-state index contributed by atoms with van der Waals surface area (Å²) in [4.78, 5) is 11.5. The number of ketones is 1. The highest BCUT2D eigenvalue weighted by atomic mass is 35.5. The Labute approximate surface area is 99.0 Å². The van der Waals surface area contributed by atoms with Gasteiger partial charge in [0.15, 0.2) is 0 Å². The maximum absolute atomic E-state index is 11.5. The Morgan fingerprint density at radius 2 is 2.27 bits per heavy atom. The molecule has 0 bridgehead atoms. The Kier molecular flexibility index (Phi) is 4.99. The first-order chi connectivity index (χ1) is 7.17. The molecule has 0 amide bonds. The van der Waals surface area contributed by atoms with Crippen LogP contribution in [0.2, 0.25) is 5.02 Å².